The van der Waals surface area contributed by atoms with Crippen molar-refractivity contribution in [3.05, 3.63) is 150 Å². The highest BCUT2D eigenvalue weighted by molar-refractivity contribution is 9.10. The number of nitrogens with two attached hydrogens (primary N) is 1. The Bertz CT molecular complexity index is 3370. The molecule has 0 radical (unpaired) electrons. The van der Waals surface area contributed by atoms with Crippen LogP contribution < -0.4 is 22.2 Å². The van der Waals surface area contributed by atoms with Crippen molar-refractivity contribution in [2.24, 2.45) is 16.2 Å². The molecule has 72 heavy (non-hydrogen) atoms. The largest absolute Gasteiger partial charge is 0.476 e. The Morgan fingerprint density at radius 2 is 1.24 bits per heavy atom. The van der Waals surface area contributed by atoms with Crippen LogP contribution in [-0.4, -0.2) is 71.8 Å². The Morgan fingerprint density at radius 3 is 1.67 bits per heavy atom. The maximum atomic E-state index is 12.6. The van der Waals surface area contributed by atoms with Gasteiger partial charge in [0.15, 0.2) is 16.7 Å². The van der Waals surface area contributed by atoms with Crippen molar-refractivity contribution in [3.63, 3.8) is 0 Å². The minimum atomic E-state index is -1.67. The number of amides is 1. The quantitative estimate of drug-likeness (QED) is 0.104. The number of nitrogens with zero attached hydrogens (tertiary/aromatic N) is 9. The number of nitrogen functional groups attached to an aromatic ring is 1. The van der Waals surface area contributed by atoms with Crippen molar-refractivity contribution in [2.75, 3.05) is 12.3 Å². The number of nitrogens with one attached hydrogen (secondary N) is 1. The van der Waals surface area contributed by atoms with E-state index in [1.165, 1.54) is 12.3 Å². The summed E-state index contributed by atoms with van der Waals surface area (Å²) in [6.07, 6.45) is 15.4. The molecule has 0 spiro atoms. The van der Waals surface area contributed by atoms with Gasteiger partial charge in [-0.2, -0.15) is 0 Å². The zero-order valence-electron chi connectivity index (χ0n) is 39.9. The van der Waals surface area contributed by atoms with E-state index in [4.69, 9.17) is 21.5 Å². The second-order valence-corrected chi connectivity index (χ2v) is 23.0. The number of carboxylic acid groups (broad SMARTS) is 1. The van der Waals surface area contributed by atoms with E-state index in [0.717, 1.165) is 47.6 Å². The Labute approximate surface area is 443 Å². The molecule has 3 aliphatic heterocycles. The number of carboxylic acids is 1. The van der Waals surface area contributed by atoms with E-state index in [1.807, 2.05) is 42.5 Å². The molecule has 0 unspecified atom stereocenters. The topological polar surface area (TPSA) is 244 Å². The van der Waals surface area contributed by atoms with Crippen LogP contribution in [-0.2, 0) is 40.0 Å². The Kier molecular flexibility index (Phi) is 19.5. The number of rotatable bonds is 1. The zero-order chi connectivity index (χ0) is 53.0. The van der Waals surface area contributed by atoms with E-state index in [9.17, 15) is 19.2 Å². The van der Waals surface area contributed by atoms with Gasteiger partial charge in [0.1, 0.15) is 23.0 Å². The van der Waals surface area contributed by atoms with Gasteiger partial charge in [0.25, 0.3) is 11.1 Å². The van der Waals surface area contributed by atoms with Crippen LogP contribution in [0.3, 0.4) is 0 Å². The highest BCUT2D eigenvalue weighted by atomic mass is 79.9. The molecular weight excluding hydrogens is 1110 g/mol. The Balaban J connectivity index is 0.000000175. The van der Waals surface area contributed by atoms with Crippen LogP contribution >= 0.6 is 53.2 Å². The van der Waals surface area contributed by atoms with Gasteiger partial charge in [-0.15, -0.1) is 6.42 Å². The van der Waals surface area contributed by atoms with E-state index in [0.29, 0.717) is 50.9 Å². The van der Waals surface area contributed by atoms with Crippen molar-refractivity contribution in [2.45, 2.75) is 73.9 Å². The summed E-state index contributed by atoms with van der Waals surface area (Å²) in [6, 6.07) is 16.2. The molecule has 22 heteroatoms. The molecule has 10 heterocycles. The summed E-state index contributed by atoms with van der Waals surface area (Å²) in [6.45, 7) is 15.0. The summed E-state index contributed by atoms with van der Waals surface area (Å²) in [5.74, 6) is 9.21. The lowest BCUT2D eigenvalue weighted by Gasteiger charge is -2.13. The summed E-state index contributed by atoms with van der Waals surface area (Å²) in [4.78, 5) is 75.1. The molecule has 3 aliphatic rings. The minimum Gasteiger partial charge on any atom is -0.476 e. The number of terminal acetylenes is 1. The van der Waals surface area contributed by atoms with Crippen LogP contribution in [0.2, 0.25) is 0 Å². The molecule has 17 nitrogen and oxygen atoms in total. The number of aromatic nitrogens is 9. The molecule has 0 aromatic carbocycles. The predicted molar refractivity (Wildman–Crippen MR) is 287 cm³/mol. The van der Waals surface area contributed by atoms with Crippen LogP contribution in [0.5, 0.6) is 0 Å². The average molecular weight is 1160 g/mol. The average Bonchev–Trinajstić information content (AvgIpc) is 3.94. The molecule has 4 N–H and O–H groups in total. The molecule has 7 aromatic heterocycles. The van der Waals surface area contributed by atoms with Gasteiger partial charge in [0, 0.05) is 106 Å². The molecule has 374 valence electrons. The molecule has 0 aliphatic carbocycles. The normalized spacial score (nSPS) is 14.7. The number of anilines is 1. The van der Waals surface area contributed by atoms with E-state index < -0.39 is 15.2 Å². The van der Waals surface area contributed by atoms with E-state index >= 15 is 0 Å². The molecule has 10 rings (SSSR count). The third kappa shape index (κ3) is 16.6. The minimum absolute atomic E-state index is 0.0249. The lowest BCUT2D eigenvalue weighted by molar-refractivity contribution is -0.119. The highest BCUT2D eigenvalue weighted by Gasteiger charge is 2.32. The monoisotopic (exact) mass is 1160 g/mol. The van der Waals surface area contributed by atoms with Crippen molar-refractivity contribution in [3.8, 4) is 24.2 Å². The van der Waals surface area contributed by atoms with E-state index in [1.54, 1.807) is 40.0 Å². The summed E-state index contributed by atoms with van der Waals surface area (Å²) in [5, 5.41) is 11.3. The summed E-state index contributed by atoms with van der Waals surface area (Å²) in [7, 11) is 7.36. The van der Waals surface area contributed by atoms with Gasteiger partial charge in [-0.1, -0.05) is 65.5 Å². The first-order chi connectivity index (χ1) is 33.9. The Morgan fingerprint density at radius 1 is 0.736 bits per heavy atom. The second kappa shape index (κ2) is 24.8. The predicted octanol–water partition coefficient (Wildman–Crippen LogP) is 8.07. The second-order valence-electron chi connectivity index (χ2n) is 18.7. The number of hydrogen-bond acceptors (Lipinski definition) is 13. The van der Waals surface area contributed by atoms with Crippen LogP contribution in [0.15, 0.2) is 104 Å². The van der Waals surface area contributed by atoms with Crippen molar-refractivity contribution < 1.29 is 18.9 Å². The first kappa shape index (κ1) is 56.5. The van der Waals surface area contributed by atoms with Crippen LogP contribution in [0.1, 0.15) is 87.1 Å². The number of pyridine rings is 5. The van der Waals surface area contributed by atoms with E-state index in [2.05, 4.69) is 153 Å². The zero-order valence-corrected chi connectivity index (χ0v) is 45.4. The first-order valence-corrected chi connectivity index (χ1v) is 26.2. The standard InChI is InChI=1S/C19H16N4O.C12H12BrN3O.C7H5N.C6H5BrN2O2.C6H11NO.Cl2OS/c1-19(2)10-16-22-15-9-13(6-7-14-5-3-4-8-20-14)11-21-17(15)18(24)23(16)12-19;1-12(2)4-9-15-8-3-7(13)5-14-10(8)11(17)16(9)6-12;1-2-7-5-3-4-6-8-7;7-3-1-4(8)5(6(10)11)9-2-3;1-6(2)3-5(8)7-4-6;1-4(2)3/h3-5,8-9,11H,10,12H2,1-2H3;3,5H,4,6H2,1-2H3;1,3-6H;1-2H,8H2,(H,10,11);3-4H2,1-2H3,(H,7,8);. The van der Waals surface area contributed by atoms with Gasteiger partial charge in [-0.25, -0.2) is 43.9 Å². The first-order valence-electron chi connectivity index (χ1n) is 21.8. The van der Waals surface area contributed by atoms with Gasteiger partial charge >= 0.3 is 5.97 Å². The molecule has 0 bridgehead atoms. The fourth-order valence-electron chi connectivity index (χ4n) is 7.31. The van der Waals surface area contributed by atoms with Gasteiger partial charge < -0.3 is 16.2 Å². The fourth-order valence-corrected chi connectivity index (χ4v) is 7.98. The number of halogens is 4. The number of fused-ring (bicyclic) bond motifs is 4. The van der Waals surface area contributed by atoms with Gasteiger partial charge in [0.2, 0.25) is 15.1 Å². The molecule has 0 saturated carbocycles. The van der Waals surface area contributed by atoms with Gasteiger partial charge in [0.05, 0.1) is 16.7 Å². The summed E-state index contributed by atoms with van der Waals surface area (Å²) < 4.78 is 14.1. The van der Waals surface area contributed by atoms with E-state index in [-0.39, 0.29) is 44.7 Å². The maximum Gasteiger partial charge on any atom is 0.356 e. The SMILES string of the molecule is C#Cc1ccccn1.CC1(C)CNC(=O)C1.CC1(C)Cc2nc3cc(Br)cnc3c(=O)n2C1.CC1(C)Cc2nc3cc(C#Cc4ccccn4)cnc3c(=O)n2C1.Nc1cc(Br)cnc1C(=O)O.O=S(Cl)Cl. The molecule has 1 fully saturated rings. The van der Waals surface area contributed by atoms with Crippen LogP contribution in [0.25, 0.3) is 22.1 Å². The third-order valence-corrected chi connectivity index (χ3v) is 11.3. The van der Waals surface area contributed by atoms with Gasteiger partial charge in [-0.05, 0) is 96.5 Å². The number of carbonyl (C=O) groups excluding carboxylic acids is 1. The highest BCUT2D eigenvalue weighted by Crippen LogP contribution is 2.31. The summed E-state index contributed by atoms with van der Waals surface area (Å²) in [5.41, 5.74) is 9.91. The van der Waals surface area contributed by atoms with Crippen molar-refractivity contribution in [1.82, 2.24) is 49.3 Å². The van der Waals surface area contributed by atoms with Crippen LogP contribution in [0, 0.1) is 40.4 Å². The third-order valence-electron chi connectivity index (χ3n) is 10.5. The fraction of sp³-hybridized carbons (Fsp3) is 0.300. The molecular formula is C50H49Br2Cl2N11O6S. The molecule has 0 atom stereocenters. The number of carbonyl (C=O) groups is 2. The molecule has 7 aromatic rings. The maximum absolute atomic E-state index is 12.6. The lowest BCUT2D eigenvalue weighted by Crippen LogP contribution is -2.23. The smallest absolute Gasteiger partial charge is 0.356 e. The lowest BCUT2D eigenvalue weighted by atomic mass is 9.92. The summed E-state index contributed by atoms with van der Waals surface area (Å²) >= 11 is 6.46. The van der Waals surface area contributed by atoms with Crippen molar-refractivity contribution in [1.29, 1.82) is 0 Å². The molecule has 1 saturated heterocycles. The number of aromatic carboxylic acids is 1. The van der Waals surface area contributed by atoms with Crippen molar-refractivity contribution >= 4 is 102 Å². The number of hydrogen-bond donors (Lipinski definition) is 3. The Hall–Kier alpha value is -6.42. The van der Waals surface area contributed by atoms with Crippen LogP contribution in [0.4, 0.5) is 5.69 Å². The molecule has 1 amide bonds. The van der Waals surface area contributed by atoms with Gasteiger partial charge in [-0.3, -0.25) is 23.5 Å².